The zero-order chi connectivity index (χ0) is 16.6. The van der Waals surface area contributed by atoms with E-state index in [1.807, 2.05) is 11.4 Å². The van der Waals surface area contributed by atoms with Crippen LogP contribution in [0, 0.1) is 0 Å². The van der Waals surface area contributed by atoms with Gasteiger partial charge in [-0.15, -0.1) is 11.3 Å². The number of rotatable bonds is 3. The Morgan fingerprint density at radius 3 is 2.83 bits per heavy atom. The van der Waals surface area contributed by atoms with E-state index in [0.29, 0.717) is 17.8 Å². The highest BCUT2D eigenvalue weighted by Gasteiger charge is 2.38. The van der Waals surface area contributed by atoms with Crippen LogP contribution in [-0.2, 0) is 22.5 Å². The number of hydrogen-bond acceptors (Lipinski definition) is 5. The van der Waals surface area contributed by atoms with Crippen molar-refractivity contribution in [2.75, 3.05) is 7.11 Å². The van der Waals surface area contributed by atoms with E-state index in [-0.39, 0.29) is 11.9 Å². The molecule has 3 heterocycles. The molecule has 0 spiro atoms. The average Bonchev–Trinajstić information content (AvgIpc) is 3.21. The van der Waals surface area contributed by atoms with Crippen LogP contribution >= 0.6 is 11.3 Å². The molecule has 0 fully saturated rings. The Kier molecular flexibility index (Phi) is 4.21. The first-order valence-electron chi connectivity index (χ1n) is 7.49. The number of methoxy groups -OCH3 is 1. The molecule has 0 aliphatic carbocycles. The SMILES string of the molecule is COC(=O)C1Cc2ncn(C(C)C)c2CN1C(=O)c1cccs1. The Balaban J connectivity index is 1.99. The normalized spacial score (nSPS) is 17.2. The third kappa shape index (κ3) is 2.76. The lowest BCUT2D eigenvalue weighted by Crippen LogP contribution is -2.49. The predicted octanol–water partition coefficient (Wildman–Crippen LogP) is 2.27. The van der Waals surface area contributed by atoms with Crippen molar-refractivity contribution in [2.24, 2.45) is 0 Å². The molecule has 0 bridgehead atoms. The molecular formula is C16H19N3O3S. The van der Waals surface area contributed by atoms with E-state index in [1.54, 1.807) is 17.3 Å². The minimum absolute atomic E-state index is 0.141. The van der Waals surface area contributed by atoms with Gasteiger partial charge in [0, 0.05) is 12.5 Å². The largest absolute Gasteiger partial charge is 0.467 e. The maximum absolute atomic E-state index is 12.8. The first kappa shape index (κ1) is 15.7. The van der Waals surface area contributed by atoms with Crippen LogP contribution in [0.3, 0.4) is 0 Å². The van der Waals surface area contributed by atoms with Crippen molar-refractivity contribution in [3.63, 3.8) is 0 Å². The van der Waals surface area contributed by atoms with Gasteiger partial charge in [0.15, 0.2) is 0 Å². The number of imidazole rings is 1. The van der Waals surface area contributed by atoms with Gasteiger partial charge in [-0.05, 0) is 25.3 Å². The fourth-order valence-corrected chi connectivity index (χ4v) is 3.56. The van der Waals surface area contributed by atoms with Gasteiger partial charge in [-0.3, -0.25) is 4.79 Å². The molecule has 0 saturated carbocycles. The molecule has 122 valence electrons. The molecule has 0 radical (unpaired) electrons. The Hall–Kier alpha value is -2.15. The van der Waals surface area contributed by atoms with Crippen molar-refractivity contribution in [3.8, 4) is 0 Å². The second-order valence-electron chi connectivity index (χ2n) is 5.79. The lowest BCUT2D eigenvalue weighted by Gasteiger charge is -2.34. The van der Waals surface area contributed by atoms with Gasteiger partial charge in [-0.25, -0.2) is 9.78 Å². The fraction of sp³-hybridized carbons (Fsp3) is 0.438. The first-order valence-corrected chi connectivity index (χ1v) is 8.37. The van der Waals surface area contributed by atoms with Crippen LogP contribution in [0.15, 0.2) is 23.8 Å². The Morgan fingerprint density at radius 1 is 1.43 bits per heavy atom. The van der Waals surface area contributed by atoms with Crippen molar-refractivity contribution >= 4 is 23.2 Å². The molecule has 1 aliphatic heterocycles. The van der Waals surface area contributed by atoms with Crippen LogP contribution < -0.4 is 0 Å². The zero-order valence-electron chi connectivity index (χ0n) is 13.4. The highest BCUT2D eigenvalue weighted by molar-refractivity contribution is 7.12. The van der Waals surface area contributed by atoms with Gasteiger partial charge >= 0.3 is 5.97 Å². The van der Waals surface area contributed by atoms with Gasteiger partial charge < -0.3 is 14.2 Å². The van der Waals surface area contributed by atoms with E-state index in [4.69, 9.17) is 4.74 Å². The van der Waals surface area contributed by atoms with Gasteiger partial charge in [0.05, 0.1) is 36.2 Å². The van der Waals surface area contributed by atoms with Gasteiger partial charge in [0.1, 0.15) is 6.04 Å². The summed E-state index contributed by atoms with van der Waals surface area (Å²) in [6.45, 7) is 4.50. The standard InChI is InChI=1S/C16H19N3O3S/c1-10(2)19-9-17-11-7-12(16(21)22-3)18(8-13(11)19)15(20)14-5-4-6-23-14/h4-6,9-10,12H,7-8H2,1-3H3. The second-order valence-corrected chi connectivity index (χ2v) is 6.74. The molecule has 2 aromatic heterocycles. The number of amides is 1. The smallest absolute Gasteiger partial charge is 0.329 e. The summed E-state index contributed by atoms with van der Waals surface area (Å²) in [5.41, 5.74) is 1.86. The lowest BCUT2D eigenvalue weighted by atomic mass is 10.0. The summed E-state index contributed by atoms with van der Waals surface area (Å²) in [5.74, 6) is -0.544. The predicted molar refractivity (Wildman–Crippen MR) is 86.3 cm³/mol. The average molecular weight is 333 g/mol. The second kappa shape index (κ2) is 6.16. The van der Waals surface area contributed by atoms with Gasteiger partial charge in [-0.1, -0.05) is 6.07 Å². The third-order valence-corrected chi connectivity index (χ3v) is 4.95. The van der Waals surface area contributed by atoms with E-state index in [2.05, 4.69) is 23.4 Å². The third-order valence-electron chi connectivity index (χ3n) is 4.09. The van der Waals surface area contributed by atoms with Crippen LogP contribution in [0.1, 0.15) is 40.9 Å². The molecule has 2 aromatic rings. The molecule has 1 amide bonds. The summed E-state index contributed by atoms with van der Waals surface area (Å²) in [4.78, 5) is 31.6. The molecule has 0 aromatic carbocycles. The molecule has 23 heavy (non-hydrogen) atoms. The molecule has 7 heteroatoms. The lowest BCUT2D eigenvalue weighted by molar-refractivity contribution is -0.146. The Morgan fingerprint density at radius 2 is 2.22 bits per heavy atom. The molecule has 6 nitrogen and oxygen atoms in total. The highest BCUT2D eigenvalue weighted by Crippen LogP contribution is 2.27. The quantitative estimate of drug-likeness (QED) is 0.808. The number of thiophene rings is 1. The molecular weight excluding hydrogens is 314 g/mol. The molecule has 0 N–H and O–H groups in total. The summed E-state index contributed by atoms with van der Waals surface area (Å²) in [5, 5.41) is 1.86. The van der Waals surface area contributed by atoms with Crippen molar-refractivity contribution in [1.82, 2.24) is 14.5 Å². The number of aromatic nitrogens is 2. The van der Waals surface area contributed by atoms with Gasteiger partial charge in [0.25, 0.3) is 5.91 Å². The number of carbonyl (C=O) groups is 2. The van der Waals surface area contributed by atoms with E-state index in [9.17, 15) is 9.59 Å². The Bertz CT molecular complexity index is 721. The maximum Gasteiger partial charge on any atom is 0.329 e. The summed E-state index contributed by atoms with van der Waals surface area (Å²) in [6.07, 6.45) is 2.17. The molecule has 3 rings (SSSR count). The Labute approximate surface area is 138 Å². The number of nitrogens with zero attached hydrogens (tertiary/aromatic N) is 3. The number of ether oxygens (including phenoxy) is 1. The number of carbonyl (C=O) groups excluding carboxylic acids is 2. The summed E-state index contributed by atoms with van der Waals surface area (Å²) >= 11 is 1.37. The number of esters is 1. The molecule has 1 unspecified atom stereocenters. The van der Waals surface area contributed by atoms with E-state index in [1.165, 1.54) is 18.4 Å². The van der Waals surface area contributed by atoms with E-state index < -0.39 is 12.0 Å². The topological polar surface area (TPSA) is 64.4 Å². The highest BCUT2D eigenvalue weighted by atomic mass is 32.1. The van der Waals surface area contributed by atoms with Gasteiger partial charge in [0.2, 0.25) is 0 Å². The minimum Gasteiger partial charge on any atom is -0.467 e. The summed E-state index contributed by atoms with van der Waals surface area (Å²) in [6, 6.07) is 3.23. The maximum atomic E-state index is 12.8. The van der Waals surface area contributed by atoms with E-state index in [0.717, 1.165) is 11.4 Å². The summed E-state index contributed by atoms with van der Waals surface area (Å²) < 4.78 is 6.95. The van der Waals surface area contributed by atoms with Crippen LogP contribution in [0.4, 0.5) is 0 Å². The van der Waals surface area contributed by atoms with Crippen LogP contribution in [0.2, 0.25) is 0 Å². The number of hydrogen-bond donors (Lipinski definition) is 0. The van der Waals surface area contributed by atoms with Gasteiger partial charge in [-0.2, -0.15) is 0 Å². The first-order chi connectivity index (χ1) is 11.0. The van der Waals surface area contributed by atoms with Crippen molar-refractivity contribution in [1.29, 1.82) is 0 Å². The molecule has 1 aliphatic rings. The van der Waals surface area contributed by atoms with Crippen LogP contribution in [0.5, 0.6) is 0 Å². The zero-order valence-corrected chi connectivity index (χ0v) is 14.2. The fourth-order valence-electron chi connectivity index (χ4n) is 2.88. The van der Waals surface area contributed by atoms with E-state index >= 15 is 0 Å². The minimum atomic E-state index is -0.627. The van der Waals surface area contributed by atoms with Crippen LogP contribution in [-0.4, -0.2) is 39.5 Å². The van der Waals surface area contributed by atoms with Crippen molar-refractivity contribution in [2.45, 2.75) is 38.9 Å². The monoisotopic (exact) mass is 333 g/mol. The van der Waals surface area contributed by atoms with Crippen molar-refractivity contribution in [3.05, 3.63) is 40.1 Å². The summed E-state index contributed by atoms with van der Waals surface area (Å²) in [7, 11) is 1.35. The van der Waals surface area contributed by atoms with Crippen LogP contribution in [0.25, 0.3) is 0 Å². The molecule has 0 saturated heterocycles. The van der Waals surface area contributed by atoms with Crippen molar-refractivity contribution < 1.29 is 14.3 Å². The molecule has 1 atom stereocenters. The number of fused-ring (bicyclic) bond motifs is 1.